The maximum Gasteiger partial charge on any atom is 0.253 e. The van der Waals surface area contributed by atoms with Gasteiger partial charge >= 0.3 is 0 Å². The molecule has 36 heavy (non-hydrogen) atoms. The highest BCUT2D eigenvalue weighted by Crippen LogP contribution is 2.26. The zero-order chi connectivity index (χ0) is 24.9. The van der Waals surface area contributed by atoms with E-state index in [9.17, 15) is 9.59 Å². The number of nitrogens with zero attached hydrogens (tertiary/aromatic N) is 3. The van der Waals surface area contributed by atoms with Crippen molar-refractivity contribution in [1.82, 2.24) is 9.88 Å². The lowest BCUT2D eigenvalue weighted by atomic mass is 10.1. The normalized spacial score (nSPS) is 13.6. The molecule has 182 valence electrons. The molecule has 1 N–H and O–H groups in total. The predicted octanol–water partition coefficient (Wildman–Crippen LogP) is 5.58. The predicted molar refractivity (Wildman–Crippen MR) is 147 cm³/mol. The average Bonchev–Trinajstić information content (AvgIpc) is 2.92. The lowest BCUT2D eigenvalue weighted by Gasteiger charge is -2.36. The molecule has 8 heteroatoms. The summed E-state index contributed by atoms with van der Waals surface area (Å²) < 4.78 is 0. The quantitative estimate of drug-likeness (QED) is 0.339. The minimum atomic E-state index is -0.0602. The largest absolute Gasteiger partial charge is 0.368 e. The molecule has 1 saturated heterocycles. The number of halogens is 1. The number of anilines is 2. The smallest absolute Gasteiger partial charge is 0.253 e. The van der Waals surface area contributed by atoms with Gasteiger partial charge in [0.25, 0.3) is 5.91 Å². The van der Waals surface area contributed by atoms with Crippen LogP contribution < -0.4 is 10.2 Å². The summed E-state index contributed by atoms with van der Waals surface area (Å²) in [7, 11) is 0. The second kappa shape index (κ2) is 11.0. The summed E-state index contributed by atoms with van der Waals surface area (Å²) in [6.45, 7) is 2.81. The number of fused-ring (bicyclic) bond motifs is 1. The van der Waals surface area contributed by atoms with Crippen LogP contribution in [-0.2, 0) is 4.79 Å². The van der Waals surface area contributed by atoms with Gasteiger partial charge in [-0.1, -0.05) is 29.8 Å². The summed E-state index contributed by atoms with van der Waals surface area (Å²) in [5.41, 5.74) is 3.40. The minimum Gasteiger partial charge on any atom is -0.368 e. The first-order valence-electron chi connectivity index (χ1n) is 11.7. The van der Waals surface area contributed by atoms with Crippen LogP contribution in [0.15, 0.2) is 90.0 Å². The van der Waals surface area contributed by atoms with Crippen molar-refractivity contribution in [3.8, 4) is 0 Å². The molecule has 5 rings (SSSR count). The highest BCUT2D eigenvalue weighted by atomic mass is 35.5. The van der Waals surface area contributed by atoms with E-state index in [1.54, 1.807) is 30.5 Å². The van der Waals surface area contributed by atoms with Crippen LogP contribution in [0.4, 0.5) is 11.4 Å². The molecule has 1 aliphatic rings. The Morgan fingerprint density at radius 2 is 1.61 bits per heavy atom. The van der Waals surface area contributed by atoms with Gasteiger partial charge < -0.3 is 15.1 Å². The molecular formula is C28H25ClN4O2S. The fourth-order valence-electron chi connectivity index (χ4n) is 4.23. The molecule has 2 heterocycles. The molecule has 6 nitrogen and oxygen atoms in total. The van der Waals surface area contributed by atoms with E-state index in [-0.39, 0.29) is 11.8 Å². The molecule has 0 saturated carbocycles. The topological polar surface area (TPSA) is 65.5 Å². The summed E-state index contributed by atoms with van der Waals surface area (Å²) >= 11 is 7.41. The molecule has 0 atom stereocenters. The Hall–Kier alpha value is -3.55. The van der Waals surface area contributed by atoms with E-state index >= 15 is 0 Å². The fourth-order valence-corrected chi connectivity index (χ4v) is 5.20. The molecule has 0 spiro atoms. The van der Waals surface area contributed by atoms with Crippen LogP contribution >= 0.6 is 23.4 Å². The zero-order valence-corrected chi connectivity index (χ0v) is 21.1. The highest BCUT2D eigenvalue weighted by molar-refractivity contribution is 8.00. The minimum absolute atomic E-state index is 0.0292. The monoisotopic (exact) mass is 516 g/mol. The zero-order valence-electron chi connectivity index (χ0n) is 19.6. The van der Waals surface area contributed by atoms with Gasteiger partial charge in [0.05, 0.1) is 11.3 Å². The number of aromatic nitrogens is 1. The number of rotatable bonds is 6. The number of nitrogens with one attached hydrogen (secondary N) is 1. The van der Waals surface area contributed by atoms with Crippen LogP contribution in [0.5, 0.6) is 0 Å². The van der Waals surface area contributed by atoms with Crippen molar-refractivity contribution in [3.63, 3.8) is 0 Å². The summed E-state index contributed by atoms with van der Waals surface area (Å²) in [5.74, 6) is 0.276. The maximum atomic E-state index is 12.7. The number of pyridine rings is 1. The van der Waals surface area contributed by atoms with E-state index in [1.165, 1.54) is 11.8 Å². The van der Waals surface area contributed by atoms with Crippen molar-refractivity contribution in [2.24, 2.45) is 0 Å². The number of piperazine rings is 1. The van der Waals surface area contributed by atoms with E-state index in [0.29, 0.717) is 29.4 Å². The van der Waals surface area contributed by atoms with Crippen molar-refractivity contribution in [1.29, 1.82) is 0 Å². The number of carbonyl (C=O) groups is 2. The van der Waals surface area contributed by atoms with E-state index in [2.05, 4.69) is 15.2 Å². The first-order valence-corrected chi connectivity index (χ1v) is 13.1. The third-order valence-corrected chi connectivity index (χ3v) is 7.43. The van der Waals surface area contributed by atoms with Crippen LogP contribution in [0.2, 0.25) is 5.02 Å². The fraction of sp³-hybridized carbons (Fsp3) is 0.179. The second-order valence-corrected chi connectivity index (χ2v) is 9.95. The number of benzene rings is 3. The number of carbonyl (C=O) groups excluding carboxylic acids is 2. The second-order valence-electron chi connectivity index (χ2n) is 8.50. The van der Waals surface area contributed by atoms with Crippen molar-refractivity contribution >= 4 is 57.5 Å². The van der Waals surface area contributed by atoms with Gasteiger partial charge in [-0.25, -0.2) is 0 Å². The van der Waals surface area contributed by atoms with Crippen LogP contribution in [0.1, 0.15) is 10.4 Å². The average molecular weight is 517 g/mol. The van der Waals surface area contributed by atoms with Crippen molar-refractivity contribution < 1.29 is 9.59 Å². The SMILES string of the molecule is O=C(CSc1cccc2cccnc12)Nc1ccc(N2CCN(C(=O)c3ccc(Cl)cc3)CC2)cc1. The van der Waals surface area contributed by atoms with Crippen molar-refractivity contribution in [2.45, 2.75) is 4.90 Å². The standard InChI is InChI=1S/C28H25ClN4O2S/c29-22-8-6-21(7-9-22)28(35)33-17-15-32(16-18-33)24-12-10-23(11-13-24)31-26(34)19-36-25-5-1-3-20-4-2-14-30-27(20)25/h1-14H,15-19H2,(H,31,34). The lowest BCUT2D eigenvalue weighted by molar-refractivity contribution is -0.113. The van der Waals surface area contributed by atoms with Crippen LogP contribution in [0.25, 0.3) is 10.9 Å². The van der Waals surface area contributed by atoms with Gasteiger partial charge in [0.15, 0.2) is 0 Å². The van der Waals surface area contributed by atoms with Crippen LogP contribution in [-0.4, -0.2) is 53.6 Å². The summed E-state index contributed by atoms with van der Waals surface area (Å²) in [5, 5.41) is 4.66. The molecule has 0 aliphatic carbocycles. The van der Waals surface area contributed by atoms with Crippen LogP contribution in [0, 0.1) is 0 Å². The maximum absolute atomic E-state index is 12.7. The first-order chi connectivity index (χ1) is 17.6. The molecule has 1 aromatic heterocycles. The Balaban J connectivity index is 1.12. The van der Waals surface area contributed by atoms with Gasteiger partial charge in [-0.05, 0) is 60.7 Å². The first kappa shape index (κ1) is 24.2. The molecule has 4 aromatic rings. The van der Waals surface area contributed by atoms with E-state index in [4.69, 9.17) is 11.6 Å². The molecular weight excluding hydrogens is 492 g/mol. The number of thioether (sulfide) groups is 1. The van der Waals surface area contributed by atoms with Crippen LogP contribution in [0.3, 0.4) is 0 Å². The lowest BCUT2D eigenvalue weighted by Crippen LogP contribution is -2.48. The Bertz CT molecular complexity index is 1370. The van der Waals surface area contributed by atoms with Crippen molar-refractivity contribution in [3.05, 3.63) is 95.6 Å². The molecule has 1 aliphatic heterocycles. The van der Waals surface area contributed by atoms with Gasteiger partial charge in [-0.15, -0.1) is 11.8 Å². The number of hydrogen-bond donors (Lipinski definition) is 1. The van der Waals surface area contributed by atoms with E-state index in [0.717, 1.165) is 40.3 Å². The van der Waals surface area contributed by atoms with E-state index < -0.39 is 0 Å². The Morgan fingerprint density at radius 3 is 2.36 bits per heavy atom. The van der Waals surface area contributed by atoms with Gasteiger partial charge in [-0.3, -0.25) is 14.6 Å². The number of amides is 2. The van der Waals surface area contributed by atoms with Gasteiger partial charge in [0.1, 0.15) is 0 Å². The molecule has 3 aromatic carbocycles. The molecule has 2 amide bonds. The molecule has 1 fully saturated rings. The van der Waals surface area contributed by atoms with Crippen molar-refractivity contribution in [2.75, 3.05) is 42.1 Å². The summed E-state index contributed by atoms with van der Waals surface area (Å²) in [6, 6.07) is 24.8. The molecule has 0 bridgehead atoms. The summed E-state index contributed by atoms with van der Waals surface area (Å²) in [6.07, 6.45) is 1.77. The summed E-state index contributed by atoms with van der Waals surface area (Å²) in [4.78, 5) is 34.8. The van der Waals surface area contributed by atoms with E-state index in [1.807, 2.05) is 59.5 Å². The Morgan fingerprint density at radius 1 is 0.889 bits per heavy atom. The number of para-hydroxylation sites is 1. The third kappa shape index (κ3) is 5.64. The number of hydrogen-bond acceptors (Lipinski definition) is 5. The molecule has 0 unspecified atom stereocenters. The van der Waals surface area contributed by atoms with Gasteiger partial charge in [-0.2, -0.15) is 0 Å². The third-order valence-electron chi connectivity index (χ3n) is 6.13. The van der Waals surface area contributed by atoms with Gasteiger partial charge in [0.2, 0.25) is 5.91 Å². The molecule has 0 radical (unpaired) electrons. The Kier molecular flexibility index (Phi) is 7.39. The highest BCUT2D eigenvalue weighted by Gasteiger charge is 2.22. The van der Waals surface area contributed by atoms with Gasteiger partial charge in [0, 0.05) is 64.6 Å². The Labute approximate surface area is 219 Å².